The quantitative estimate of drug-likeness (QED) is 0.501. The number of nitrogens with zero attached hydrogens (tertiary/aromatic N) is 3. The van der Waals surface area contributed by atoms with Crippen molar-refractivity contribution in [2.45, 2.75) is 23.6 Å². The van der Waals surface area contributed by atoms with E-state index in [9.17, 15) is 26.7 Å². The number of anilines is 1. The molecule has 0 saturated carbocycles. The molecule has 0 radical (unpaired) electrons. The van der Waals surface area contributed by atoms with E-state index in [0.29, 0.717) is 0 Å². The van der Waals surface area contributed by atoms with Crippen molar-refractivity contribution in [3.8, 4) is 5.88 Å². The first-order chi connectivity index (χ1) is 16.5. The number of nitrogens with one attached hydrogen (secondary N) is 1. The van der Waals surface area contributed by atoms with Gasteiger partial charge < -0.3 is 20.5 Å². The highest BCUT2D eigenvalue weighted by Gasteiger charge is 2.61. The Balaban J connectivity index is 0.00000361. The van der Waals surface area contributed by atoms with Crippen molar-refractivity contribution in [2.75, 3.05) is 30.9 Å². The van der Waals surface area contributed by atoms with E-state index in [2.05, 4.69) is 25.0 Å². The molecule has 2 aromatic rings. The smallest absolute Gasteiger partial charge is 0.340 e. The maximum Gasteiger partial charge on any atom is 0.340 e. The SMILES string of the molecule is Cl.NC1=N[C@@]2(c3cc(NC(=O)c4cnc(OCC(F)(F)C(F)F)cn4)ccc3F)COC[C@@]2(F)CS1. The molecule has 2 aliphatic heterocycles. The second-order valence-corrected chi connectivity index (χ2v) is 8.79. The molecular weight excluding hydrogens is 540 g/mol. The van der Waals surface area contributed by atoms with Gasteiger partial charge >= 0.3 is 12.3 Å². The third-order valence-corrected chi connectivity index (χ3v) is 6.38. The average molecular weight is 558 g/mol. The van der Waals surface area contributed by atoms with Gasteiger partial charge in [0.15, 0.2) is 23.0 Å². The molecule has 2 aliphatic rings. The minimum Gasteiger partial charge on any atom is -0.470 e. The number of aromatic nitrogens is 2. The Labute approximate surface area is 210 Å². The number of fused-ring (bicyclic) bond motifs is 1. The number of benzene rings is 1. The lowest BCUT2D eigenvalue weighted by Crippen LogP contribution is -2.52. The molecule has 0 aliphatic carbocycles. The predicted octanol–water partition coefficient (Wildman–Crippen LogP) is 3.56. The molecule has 196 valence electrons. The summed E-state index contributed by atoms with van der Waals surface area (Å²) in [6, 6.07) is 3.46. The maximum atomic E-state index is 15.6. The number of alkyl halides is 5. The fraction of sp³-hybridized carbons (Fsp3) is 0.400. The summed E-state index contributed by atoms with van der Waals surface area (Å²) in [7, 11) is 0. The number of ether oxygens (including phenoxy) is 2. The van der Waals surface area contributed by atoms with E-state index in [1.165, 1.54) is 12.1 Å². The van der Waals surface area contributed by atoms with E-state index in [-0.39, 0.29) is 53.5 Å². The summed E-state index contributed by atoms with van der Waals surface area (Å²) in [5.74, 6) is -6.58. The van der Waals surface area contributed by atoms with Gasteiger partial charge in [-0.3, -0.25) is 4.79 Å². The minimum atomic E-state index is -4.38. The van der Waals surface area contributed by atoms with E-state index < -0.39 is 47.8 Å². The van der Waals surface area contributed by atoms with Gasteiger partial charge in [0.2, 0.25) is 5.88 Å². The maximum absolute atomic E-state index is 15.6. The third-order valence-electron chi connectivity index (χ3n) is 5.40. The molecule has 1 aromatic carbocycles. The summed E-state index contributed by atoms with van der Waals surface area (Å²) in [6.07, 6.45) is -2.25. The van der Waals surface area contributed by atoms with Crippen LogP contribution in [-0.4, -0.2) is 64.6 Å². The fourth-order valence-corrected chi connectivity index (χ4v) is 4.47. The molecule has 2 atom stereocenters. The van der Waals surface area contributed by atoms with Gasteiger partial charge in [0, 0.05) is 17.0 Å². The van der Waals surface area contributed by atoms with E-state index in [0.717, 1.165) is 30.2 Å². The number of amidine groups is 1. The molecule has 8 nitrogen and oxygen atoms in total. The zero-order valence-electron chi connectivity index (χ0n) is 18.0. The van der Waals surface area contributed by atoms with Crippen LogP contribution in [0.25, 0.3) is 0 Å². The number of rotatable bonds is 7. The number of carbonyl (C=O) groups is 1. The summed E-state index contributed by atoms with van der Waals surface area (Å²) in [5, 5.41) is 2.51. The summed E-state index contributed by atoms with van der Waals surface area (Å²) in [5.41, 5.74) is 1.65. The zero-order valence-corrected chi connectivity index (χ0v) is 19.7. The van der Waals surface area contributed by atoms with Crippen LogP contribution in [0.2, 0.25) is 0 Å². The van der Waals surface area contributed by atoms with Crippen LogP contribution in [0.3, 0.4) is 0 Å². The topological polar surface area (TPSA) is 112 Å². The molecule has 3 heterocycles. The summed E-state index contributed by atoms with van der Waals surface area (Å²) in [4.78, 5) is 24.0. The van der Waals surface area contributed by atoms with Crippen LogP contribution in [0.15, 0.2) is 35.6 Å². The average Bonchev–Trinajstić information content (AvgIpc) is 3.16. The van der Waals surface area contributed by atoms with E-state index >= 15 is 4.39 Å². The molecule has 4 rings (SSSR count). The summed E-state index contributed by atoms with van der Waals surface area (Å²) in [6.45, 7) is -2.19. The first-order valence-electron chi connectivity index (χ1n) is 9.93. The van der Waals surface area contributed by atoms with Crippen LogP contribution < -0.4 is 15.8 Å². The number of thioether (sulfide) groups is 1. The lowest BCUT2D eigenvalue weighted by molar-refractivity contribution is -0.148. The zero-order chi connectivity index (χ0) is 25.4. The van der Waals surface area contributed by atoms with Gasteiger partial charge in [0.05, 0.1) is 25.6 Å². The van der Waals surface area contributed by atoms with Gasteiger partial charge in [-0.05, 0) is 18.2 Å². The van der Waals surface area contributed by atoms with E-state index in [1.54, 1.807) is 0 Å². The number of carbonyl (C=O) groups excluding carboxylic acids is 1. The molecular formula is C20H18ClF6N5O3S. The minimum absolute atomic E-state index is 0. The second-order valence-electron chi connectivity index (χ2n) is 7.80. The highest BCUT2D eigenvalue weighted by molar-refractivity contribution is 8.13. The van der Waals surface area contributed by atoms with Crippen molar-refractivity contribution in [2.24, 2.45) is 10.7 Å². The Morgan fingerprint density at radius 2 is 2.03 bits per heavy atom. The number of hydrogen-bond donors (Lipinski definition) is 2. The van der Waals surface area contributed by atoms with Crippen molar-refractivity contribution in [1.29, 1.82) is 0 Å². The van der Waals surface area contributed by atoms with Gasteiger partial charge in [-0.2, -0.15) is 8.78 Å². The molecule has 1 saturated heterocycles. The molecule has 1 aromatic heterocycles. The third kappa shape index (κ3) is 5.18. The van der Waals surface area contributed by atoms with Gasteiger partial charge in [0.1, 0.15) is 11.5 Å². The number of hydrogen-bond acceptors (Lipinski definition) is 8. The molecule has 0 unspecified atom stereocenters. The Bertz CT molecular complexity index is 1160. The van der Waals surface area contributed by atoms with Crippen LogP contribution in [0.1, 0.15) is 16.1 Å². The highest BCUT2D eigenvalue weighted by Crippen LogP contribution is 2.50. The largest absolute Gasteiger partial charge is 0.470 e. The lowest BCUT2D eigenvalue weighted by atomic mass is 9.79. The summed E-state index contributed by atoms with van der Waals surface area (Å²) < 4.78 is 90.5. The lowest BCUT2D eigenvalue weighted by Gasteiger charge is -2.38. The van der Waals surface area contributed by atoms with Crippen LogP contribution >= 0.6 is 24.2 Å². The number of halogens is 7. The van der Waals surface area contributed by atoms with E-state index in [4.69, 9.17) is 10.5 Å². The Kier molecular flexibility index (Phi) is 7.95. The molecule has 1 amide bonds. The van der Waals surface area contributed by atoms with Gasteiger partial charge in [-0.1, -0.05) is 11.8 Å². The molecule has 1 fully saturated rings. The molecule has 16 heteroatoms. The monoisotopic (exact) mass is 557 g/mol. The Morgan fingerprint density at radius 1 is 1.28 bits per heavy atom. The second kappa shape index (κ2) is 10.3. The predicted molar refractivity (Wildman–Crippen MR) is 120 cm³/mol. The van der Waals surface area contributed by atoms with Crippen molar-refractivity contribution in [1.82, 2.24) is 9.97 Å². The van der Waals surface area contributed by atoms with Gasteiger partial charge in [0.25, 0.3) is 5.91 Å². The standard InChI is InChI=1S/C20H17F6N5O3S.ClH/c21-12-2-1-10(3-11(12)19-7-33-6-18(19,24)9-35-17(27)31-19)30-15(32)13-4-29-14(5-28-13)34-8-20(25,26)16(22)23;/h1-5,16H,6-9H2,(H2,27,31)(H,30,32);1H/t18-,19-;/m1./s1. The van der Waals surface area contributed by atoms with Crippen LogP contribution in [0.4, 0.5) is 32.0 Å². The molecule has 0 spiro atoms. The van der Waals surface area contributed by atoms with Gasteiger partial charge in [-0.15, -0.1) is 12.4 Å². The van der Waals surface area contributed by atoms with Crippen molar-refractivity contribution in [3.63, 3.8) is 0 Å². The van der Waals surface area contributed by atoms with Crippen LogP contribution in [-0.2, 0) is 10.3 Å². The fourth-order valence-electron chi connectivity index (χ4n) is 3.55. The molecule has 0 bridgehead atoms. The Morgan fingerprint density at radius 3 is 2.69 bits per heavy atom. The van der Waals surface area contributed by atoms with Crippen LogP contribution in [0, 0.1) is 5.82 Å². The first kappa shape index (κ1) is 27.8. The summed E-state index contributed by atoms with van der Waals surface area (Å²) >= 11 is 0.988. The molecule has 3 N–H and O–H groups in total. The molecule has 36 heavy (non-hydrogen) atoms. The normalized spacial score (nSPS) is 23.5. The number of nitrogens with two attached hydrogens (primary N) is 1. The highest BCUT2D eigenvalue weighted by atomic mass is 35.5. The van der Waals surface area contributed by atoms with Gasteiger partial charge in [-0.25, -0.2) is 32.5 Å². The Hall–Kier alpha value is -2.78. The first-order valence-corrected chi connectivity index (χ1v) is 10.9. The number of aliphatic imine (C=N–C) groups is 1. The van der Waals surface area contributed by atoms with Crippen molar-refractivity contribution < 1.29 is 40.6 Å². The van der Waals surface area contributed by atoms with E-state index in [1.807, 2.05) is 0 Å². The van der Waals surface area contributed by atoms with Crippen LogP contribution in [0.5, 0.6) is 5.88 Å². The number of amides is 1. The van der Waals surface area contributed by atoms with Crippen molar-refractivity contribution >= 4 is 40.9 Å². The van der Waals surface area contributed by atoms with Crippen molar-refractivity contribution in [3.05, 3.63) is 47.7 Å².